The Labute approximate surface area is 142 Å². The van der Waals surface area contributed by atoms with Crippen LogP contribution in [0.25, 0.3) is 0 Å². The number of rotatable bonds is 5. The number of likely N-dealkylation sites (tertiary alicyclic amines) is 1. The largest absolute Gasteiger partial charge is 0.340 e. The van der Waals surface area contributed by atoms with Gasteiger partial charge in [0.05, 0.1) is 5.56 Å². The second-order valence-electron chi connectivity index (χ2n) is 6.59. The van der Waals surface area contributed by atoms with Crippen molar-refractivity contribution >= 4 is 11.8 Å². The highest BCUT2D eigenvalue weighted by molar-refractivity contribution is 5.97. The molecule has 1 fully saturated rings. The Balaban J connectivity index is 2.10. The van der Waals surface area contributed by atoms with E-state index in [2.05, 4.69) is 10.6 Å². The third-order valence-electron chi connectivity index (χ3n) is 4.48. The quantitative estimate of drug-likeness (QED) is 0.862. The first-order valence-electron chi connectivity index (χ1n) is 8.45. The SMILES string of the molecule is CNC1CCCN(C(=O)C(NC(=O)c2ccccc2F)C(C)C)C1. The number of nitrogens with zero attached hydrogens (tertiary/aromatic N) is 1. The fourth-order valence-electron chi connectivity index (χ4n) is 2.99. The zero-order valence-electron chi connectivity index (χ0n) is 14.5. The fraction of sp³-hybridized carbons (Fsp3) is 0.556. The fourth-order valence-corrected chi connectivity index (χ4v) is 2.99. The zero-order valence-corrected chi connectivity index (χ0v) is 14.5. The first kappa shape index (κ1) is 18.4. The standard InChI is InChI=1S/C18H26FN3O2/c1-12(2)16(18(24)22-10-6-7-13(11-22)20-3)21-17(23)14-8-4-5-9-15(14)19/h4-5,8-9,12-13,16,20H,6-7,10-11H2,1-3H3,(H,21,23). The lowest BCUT2D eigenvalue weighted by Gasteiger charge is -2.36. The van der Waals surface area contributed by atoms with Crippen LogP contribution in [0.1, 0.15) is 37.0 Å². The highest BCUT2D eigenvalue weighted by Gasteiger charge is 2.31. The maximum absolute atomic E-state index is 13.8. The van der Waals surface area contributed by atoms with Gasteiger partial charge in [0.25, 0.3) is 5.91 Å². The van der Waals surface area contributed by atoms with E-state index >= 15 is 0 Å². The van der Waals surface area contributed by atoms with Crippen LogP contribution >= 0.6 is 0 Å². The molecule has 2 rings (SSSR count). The predicted molar refractivity (Wildman–Crippen MR) is 91.2 cm³/mol. The molecule has 1 aliphatic heterocycles. The summed E-state index contributed by atoms with van der Waals surface area (Å²) in [5, 5.41) is 5.91. The molecule has 0 radical (unpaired) electrons. The molecule has 1 aliphatic rings. The zero-order chi connectivity index (χ0) is 17.7. The molecule has 24 heavy (non-hydrogen) atoms. The first-order valence-corrected chi connectivity index (χ1v) is 8.45. The second-order valence-corrected chi connectivity index (χ2v) is 6.59. The molecule has 0 bridgehead atoms. The Morgan fingerprint density at radius 3 is 2.62 bits per heavy atom. The molecular weight excluding hydrogens is 309 g/mol. The van der Waals surface area contributed by atoms with E-state index < -0.39 is 17.8 Å². The summed E-state index contributed by atoms with van der Waals surface area (Å²) in [6, 6.07) is 5.41. The van der Waals surface area contributed by atoms with Gasteiger partial charge >= 0.3 is 0 Å². The van der Waals surface area contributed by atoms with E-state index in [4.69, 9.17) is 0 Å². The smallest absolute Gasteiger partial charge is 0.254 e. The maximum Gasteiger partial charge on any atom is 0.254 e. The van der Waals surface area contributed by atoms with Crippen molar-refractivity contribution in [2.24, 2.45) is 5.92 Å². The molecule has 0 aromatic heterocycles. The van der Waals surface area contributed by atoms with Gasteiger partial charge in [0.15, 0.2) is 0 Å². The van der Waals surface area contributed by atoms with Crippen molar-refractivity contribution in [3.63, 3.8) is 0 Å². The molecule has 2 atom stereocenters. The molecule has 2 N–H and O–H groups in total. The molecule has 1 aromatic rings. The van der Waals surface area contributed by atoms with E-state index in [-0.39, 0.29) is 23.4 Å². The molecule has 6 heteroatoms. The average molecular weight is 335 g/mol. The van der Waals surface area contributed by atoms with Crippen molar-refractivity contribution < 1.29 is 14.0 Å². The second kappa shape index (κ2) is 8.24. The molecule has 0 spiro atoms. The number of carbonyl (C=O) groups is 2. The average Bonchev–Trinajstić information content (AvgIpc) is 2.59. The van der Waals surface area contributed by atoms with Crippen LogP contribution in [0.15, 0.2) is 24.3 Å². The predicted octanol–water partition coefficient (Wildman–Crippen LogP) is 1.79. The van der Waals surface area contributed by atoms with Crippen LogP contribution in [0.2, 0.25) is 0 Å². The number of likely N-dealkylation sites (N-methyl/N-ethyl adjacent to an activating group) is 1. The molecule has 1 aromatic carbocycles. The van der Waals surface area contributed by atoms with Crippen LogP contribution in [-0.2, 0) is 4.79 Å². The van der Waals surface area contributed by atoms with E-state index in [1.807, 2.05) is 20.9 Å². The molecule has 0 saturated carbocycles. The lowest BCUT2D eigenvalue weighted by Crippen LogP contribution is -2.55. The van der Waals surface area contributed by atoms with Gasteiger partial charge in [0.1, 0.15) is 11.9 Å². The highest BCUT2D eigenvalue weighted by Crippen LogP contribution is 2.15. The van der Waals surface area contributed by atoms with Crippen LogP contribution in [-0.4, -0.2) is 48.9 Å². The summed E-state index contributed by atoms with van der Waals surface area (Å²) >= 11 is 0. The number of carbonyl (C=O) groups excluding carboxylic acids is 2. The van der Waals surface area contributed by atoms with Crippen molar-refractivity contribution in [3.8, 4) is 0 Å². The molecule has 132 valence electrons. The number of nitrogens with one attached hydrogen (secondary N) is 2. The first-order chi connectivity index (χ1) is 11.4. The van der Waals surface area contributed by atoms with Gasteiger partial charge in [-0.2, -0.15) is 0 Å². The third-order valence-corrected chi connectivity index (χ3v) is 4.48. The maximum atomic E-state index is 13.8. The van der Waals surface area contributed by atoms with Gasteiger partial charge in [-0.15, -0.1) is 0 Å². The van der Waals surface area contributed by atoms with E-state index in [0.29, 0.717) is 13.1 Å². The number of hydrogen-bond acceptors (Lipinski definition) is 3. The summed E-state index contributed by atoms with van der Waals surface area (Å²) in [5.41, 5.74) is -0.0392. The topological polar surface area (TPSA) is 61.4 Å². The Bertz CT molecular complexity index is 591. The van der Waals surface area contributed by atoms with E-state index in [1.165, 1.54) is 18.2 Å². The monoisotopic (exact) mass is 335 g/mol. The van der Waals surface area contributed by atoms with Gasteiger partial charge in [-0.3, -0.25) is 9.59 Å². The van der Waals surface area contributed by atoms with Crippen molar-refractivity contribution in [1.29, 1.82) is 0 Å². The minimum absolute atomic E-state index is 0.0392. The van der Waals surface area contributed by atoms with Crippen LogP contribution in [0.5, 0.6) is 0 Å². The van der Waals surface area contributed by atoms with Crippen molar-refractivity contribution in [2.45, 2.75) is 38.8 Å². The summed E-state index contributed by atoms with van der Waals surface area (Å²) in [5.74, 6) is -1.32. The summed E-state index contributed by atoms with van der Waals surface area (Å²) < 4.78 is 13.8. The van der Waals surface area contributed by atoms with Gasteiger partial charge in [-0.1, -0.05) is 26.0 Å². The minimum atomic E-state index is -0.660. The third kappa shape index (κ3) is 4.32. The summed E-state index contributed by atoms with van der Waals surface area (Å²) in [4.78, 5) is 27.0. The number of amides is 2. The molecule has 2 unspecified atom stereocenters. The van der Waals surface area contributed by atoms with Crippen LogP contribution in [0.4, 0.5) is 4.39 Å². The Kier molecular flexibility index (Phi) is 6.31. The van der Waals surface area contributed by atoms with Gasteiger partial charge in [-0.25, -0.2) is 4.39 Å². The number of benzene rings is 1. The lowest BCUT2D eigenvalue weighted by atomic mass is 9.99. The van der Waals surface area contributed by atoms with Gasteiger partial charge in [-0.05, 0) is 37.9 Å². The van der Waals surface area contributed by atoms with Gasteiger partial charge in [0.2, 0.25) is 5.91 Å². The Morgan fingerprint density at radius 1 is 1.29 bits per heavy atom. The molecular formula is C18H26FN3O2. The molecule has 1 heterocycles. The van der Waals surface area contributed by atoms with Crippen molar-refractivity contribution in [1.82, 2.24) is 15.5 Å². The number of piperidine rings is 1. The summed E-state index contributed by atoms with van der Waals surface area (Å²) in [6.07, 6.45) is 1.97. The lowest BCUT2D eigenvalue weighted by molar-refractivity contribution is -0.135. The molecule has 1 saturated heterocycles. The van der Waals surface area contributed by atoms with E-state index in [1.54, 1.807) is 11.0 Å². The Morgan fingerprint density at radius 2 is 2.00 bits per heavy atom. The van der Waals surface area contributed by atoms with Crippen molar-refractivity contribution in [3.05, 3.63) is 35.6 Å². The minimum Gasteiger partial charge on any atom is -0.340 e. The summed E-state index contributed by atoms with van der Waals surface area (Å²) in [6.45, 7) is 5.08. The van der Waals surface area contributed by atoms with Gasteiger partial charge in [0, 0.05) is 19.1 Å². The van der Waals surface area contributed by atoms with Crippen LogP contribution in [0, 0.1) is 11.7 Å². The number of halogens is 1. The number of hydrogen-bond donors (Lipinski definition) is 2. The molecule has 0 aliphatic carbocycles. The van der Waals surface area contributed by atoms with E-state index in [9.17, 15) is 14.0 Å². The van der Waals surface area contributed by atoms with Crippen molar-refractivity contribution in [2.75, 3.05) is 20.1 Å². The van der Waals surface area contributed by atoms with Crippen LogP contribution in [0.3, 0.4) is 0 Å². The molecule has 5 nitrogen and oxygen atoms in total. The normalized spacial score (nSPS) is 19.2. The van der Waals surface area contributed by atoms with Gasteiger partial charge < -0.3 is 15.5 Å². The Hall–Kier alpha value is -1.95. The summed E-state index contributed by atoms with van der Waals surface area (Å²) in [7, 11) is 1.89. The molecule has 2 amide bonds. The van der Waals surface area contributed by atoms with E-state index in [0.717, 1.165) is 12.8 Å². The van der Waals surface area contributed by atoms with Crippen LogP contribution < -0.4 is 10.6 Å². The highest BCUT2D eigenvalue weighted by atomic mass is 19.1.